The fourth-order valence-electron chi connectivity index (χ4n) is 4.94. The molecule has 2 rings (SSSR count). The number of hydrogen-bond acceptors (Lipinski definition) is 2. The summed E-state index contributed by atoms with van der Waals surface area (Å²) in [4.78, 5) is 12.1. The summed E-state index contributed by atoms with van der Waals surface area (Å²) in [6.07, 6.45) is 12.0. The minimum atomic E-state index is 0.0107. The van der Waals surface area contributed by atoms with Crippen molar-refractivity contribution in [2.75, 3.05) is 13.2 Å². The van der Waals surface area contributed by atoms with Gasteiger partial charge in [0.25, 0.3) is 0 Å². The summed E-state index contributed by atoms with van der Waals surface area (Å²) in [6.45, 7) is 11.9. The third kappa shape index (κ3) is 6.90. The molecule has 0 spiro atoms. The van der Waals surface area contributed by atoms with Crippen LogP contribution in [0.4, 0.5) is 0 Å². The van der Waals surface area contributed by atoms with Gasteiger partial charge >= 0.3 is 0 Å². The van der Waals surface area contributed by atoms with Gasteiger partial charge in [-0.05, 0) is 83.0 Å². The van der Waals surface area contributed by atoms with E-state index < -0.39 is 0 Å². The average molecular weight is 362 g/mol. The molecule has 0 heterocycles. The van der Waals surface area contributed by atoms with Crippen LogP contribution in [0.15, 0.2) is 23.3 Å². The van der Waals surface area contributed by atoms with Crippen LogP contribution >= 0.6 is 0 Å². The maximum absolute atomic E-state index is 12.1. The second-order valence-corrected chi connectivity index (χ2v) is 9.10. The molecule has 0 aliphatic heterocycles. The zero-order valence-electron chi connectivity index (χ0n) is 17.5. The number of nitrogens with one attached hydrogen (secondary N) is 1. The van der Waals surface area contributed by atoms with Crippen LogP contribution in [0.2, 0.25) is 0 Å². The quantitative estimate of drug-likeness (QED) is 0.598. The van der Waals surface area contributed by atoms with Crippen molar-refractivity contribution < 1.29 is 9.53 Å². The number of fused-ring (bicyclic) bond motifs is 2. The molecule has 0 aromatic heterocycles. The molecule has 2 saturated carbocycles. The van der Waals surface area contributed by atoms with Crippen LogP contribution < -0.4 is 5.32 Å². The van der Waals surface area contributed by atoms with Gasteiger partial charge in [-0.3, -0.25) is 4.79 Å². The number of hydrogen-bond donors (Lipinski definition) is 1. The first-order valence-electron chi connectivity index (χ1n) is 10.5. The van der Waals surface area contributed by atoms with E-state index in [1.54, 1.807) is 0 Å². The molecule has 2 aliphatic carbocycles. The SMILES string of the molecule is CC(C)=CCC/C(C)=C/CNC(=O)COC1C(C)CC2CC(C)CC1C2. The van der Waals surface area contributed by atoms with Gasteiger partial charge in [-0.25, -0.2) is 0 Å². The van der Waals surface area contributed by atoms with Gasteiger partial charge in [-0.1, -0.05) is 37.1 Å². The van der Waals surface area contributed by atoms with E-state index in [4.69, 9.17) is 4.74 Å². The lowest BCUT2D eigenvalue weighted by atomic mass is 9.64. The van der Waals surface area contributed by atoms with Gasteiger partial charge in [0.2, 0.25) is 5.91 Å². The highest BCUT2D eigenvalue weighted by Crippen LogP contribution is 2.45. The molecule has 2 fully saturated rings. The van der Waals surface area contributed by atoms with Gasteiger partial charge in [0.1, 0.15) is 6.61 Å². The van der Waals surface area contributed by atoms with E-state index in [9.17, 15) is 4.79 Å². The molecule has 0 saturated heterocycles. The highest BCUT2D eigenvalue weighted by atomic mass is 16.5. The van der Waals surface area contributed by atoms with Crippen molar-refractivity contribution in [3.05, 3.63) is 23.3 Å². The molecule has 3 heteroatoms. The molecule has 26 heavy (non-hydrogen) atoms. The van der Waals surface area contributed by atoms with Crippen LogP contribution in [0, 0.1) is 23.7 Å². The molecule has 0 aromatic rings. The lowest BCUT2D eigenvalue weighted by Gasteiger charge is -2.45. The third-order valence-corrected chi connectivity index (χ3v) is 6.06. The van der Waals surface area contributed by atoms with Crippen molar-refractivity contribution >= 4 is 5.91 Å². The zero-order valence-corrected chi connectivity index (χ0v) is 17.5. The molecule has 0 aromatic carbocycles. The molecular weight excluding hydrogens is 322 g/mol. The van der Waals surface area contributed by atoms with Gasteiger partial charge < -0.3 is 10.1 Å². The lowest BCUT2D eigenvalue weighted by molar-refractivity contribution is -0.134. The predicted molar refractivity (Wildman–Crippen MR) is 109 cm³/mol. The summed E-state index contributed by atoms with van der Waals surface area (Å²) in [7, 11) is 0. The van der Waals surface area contributed by atoms with E-state index in [0.29, 0.717) is 18.4 Å². The normalized spacial score (nSPS) is 31.4. The van der Waals surface area contributed by atoms with Crippen LogP contribution in [-0.2, 0) is 9.53 Å². The molecule has 0 radical (unpaired) electrons. The number of amides is 1. The van der Waals surface area contributed by atoms with Crippen molar-refractivity contribution in [1.82, 2.24) is 5.32 Å². The van der Waals surface area contributed by atoms with Gasteiger partial charge in [0, 0.05) is 6.54 Å². The maximum atomic E-state index is 12.1. The second-order valence-electron chi connectivity index (χ2n) is 9.10. The Balaban J connectivity index is 1.69. The lowest BCUT2D eigenvalue weighted by Crippen LogP contribution is -2.43. The summed E-state index contributed by atoms with van der Waals surface area (Å²) < 4.78 is 6.10. The number of allylic oxidation sites excluding steroid dienone is 3. The van der Waals surface area contributed by atoms with Crippen LogP contribution in [0.25, 0.3) is 0 Å². The molecule has 3 nitrogen and oxygen atoms in total. The number of carbonyl (C=O) groups is 1. The van der Waals surface area contributed by atoms with E-state index in [1.165, 1.54) is 36.8 Å². The first-order valence-corrected chi connectivity index (χ1v) is 10.5. The van der Waals surface area contributed by atoms with E-state index in [2.05, 4.69) is 52.1 Å². The first-order chi connectivity index (χ1) is 12.3. The van der Waals surface area contributed by atoms with E-state index in [1.807, 2.05) is 0 Å². The Labute approximate surface area is 160 Å². The van der Waals surface area contributed by atoms with Crippen LogP contribution in [0.1, 0.15) is 73.1 Å². The fourth-order valence-corrected chi connectivity index (χ4v) is 4.94. The molecular formula is C23H39NO2. The predicted octanol–water partition coefficient (Wildman–Crippen LogP) is 5.27. The summed E-state index contributed by atoms with van der Waals surface area (Å²) in [5.41, 5.74) is 2.69. The van der Waals surface area contributed by atoms with Crippen molar-refractivity contribution in [3.8, 4) is 0 Å². The molecule has 148 valence electrons. The first kappa shape index (κ1) is 21.2. The Kier molecular flexibility index (Phi) is 8.40. The Hall–Kier alpha value is -1.09. The summed E-state index contributed by atoms with van der Waals surface area (Å²) in [6, 6.07) is 0. The third-order valence-electron chi connectivity index (χ3n) is 6.06. The van der Waals surface area contributed by atoms with Gasteiger partial charge in [0.05, 0.1) is 6.10 Å². The van der Waals surface area contributed by atoms with E-state index >= 15 is 0 Å². The summed E-state index contributed by atoms with van der Waals surface area (Å²) in [5.74, 6) is 2.93. The monoisotopic (exact) mass is 361 g/mol. The largest absolute Gasteiger partial charge is 0.368 e. The average Bonchev–Trinajstić information content (AvgIpc) is 2.53. The van der Waals surface area contributed by atoms with Crippen molar-refractivity contribution in [2.24, 2.45) is 23.7 Å². The fraction of sp³-hybridized carbons (Fsp3) is 0.783. The van der Waals surface area contributed by atoms with Crippen molar-refractivity contribution in [3.63, 3.8) is 0 Å². The molecule has 2 bridgehead atoms. The van der Waals surface area contributed by atoms with Crippen LogP contribution in [-0.4, -0.2) is 25.2 Å². The van der Waals surface area contributed by atoms with Gasteiger partial charge in [0.15, 0.2) is 0 Å². The highest BCUT2D eigenvalue weighted by molar-refractivity contribution is 5.77. The Morgan fingerprint density at radius 2 is 1.85 bits per heavy atom. The van der Waals surface area contributed by atoms with E-state index in [-0.39, 0.29) is 18.6 Å². The number of ether oxygens (including phenoxy) is 1. The molecule has 5 atom stereocenters. The standard InChI is InChI=1S/C23H39NO2/c1-16(2)7-6-8-17(3)9-10-24-22(25)15-26-23-19(5)13-20-11-18(4)12-21(23)14-20/h7,9,18-21,23H,6,8,10-15H2,1-5H3,(H,24,25)/b17-9+. The minimum Gasteiger partial charge on any atom is -0.368 e. The van der Waals surface area contributed by atoms with Crippen LogP contribution in [0.5, 0.6) is 0 Å². The smallest absolute Gasteiger partial charge is 0.246 e. The minimum absolute atomic E-state index is 0.0107. The number of rotatable bonds is 8. The van der Waals surface area contributed by atoms with E-state index in [0.717, 1.165) is 24.7 Å². The molecule has 5 unspecified atom stereocenters. The van der Waals surface area contributed by atoms with Crippen molar-refractivity contribution in [1.29, 1.82) is 0 Å². The van der Waals surface area contributed by atoms with Gasteiger partial charge in [-0.15, -0.1) is 0 Å². The highest BCUT2D eigenvalue weighted by Gasteiger charge is 2.40. The zero-order chi connectivity index (χ0) is 19.1. The summed E-state index contributed by atoms with van der Waals surface area (Å²) >= 11 is 0. The summed E-state index contributed by atoms with van der Waals surface area (Å²) in [5, 5.41) is 2.98. The van der Waals surface area contributed by atoms with Crippen LogP contribution in [0.3, 0.4) is 0 Å². The molecule has 1 N–H and O–H groups in total. The molecule has 1 amide bonds. The Morgan fingerprint density at radius 3 is 2.58 bits per heavy atom. The number of carbonyl (C=O) groups excluding carboxylic acids is 1. The topological polar surface area (TPSA) is 38.3 Å². The Bertz CT molecular complexity index is 514. The second kappa shape index (κ2) is 10.3. The maximum Gasteiger partial charge on any atom is 0.246 e. The van der Waals surface area contributed by atoms with Crippen molar-refractivity contribution in [2.45, 2.75) is 79.2 Å². The van der Waals surface area contributed by atoms with Gasteiger partial charge in [-0.2, -0.15) is 0 Å². The Morgan fingerprint density at radius 1 is 1.08 bits per heavy atom. The molecule has 2 aliphatic rings.